The predicted molar refractivity (Wildman–Crippen MR) is 63.8 cm³/mol. The number of aliphatic hydroxyl groups excluding tert-OH is 1. The molecule has 0 fully saturated rings. The van der Waals surface area contributed by atoms with E-state index in [9.17, 15) is 4.79 Å². The van der Waals surface area contributed by atoms with E-state index in [0.717, 1.165) is 0 Å². The van der Waals surface area contributed by atoms with Crippen LogP contribution in [0, 0.1) is 5.39 Å². The van der Waals surface area contributed by atoms with Gasteiger partial charge in [0.1, 0.15) is 6.61 Å². The van der Waals surface area contributed by atoms with E-state index in [1.165, 1.54) is 6.92 Å². The van der Waals surface area contributed by atoms with Crippen molar-refractivity contribution >= 4 is 5.97 Å². The molecule has 0 heterocycles. The van der Waals surface area contributed by atoms with Crippen LogP contribution in [-0.2, 0) is 9.53 Å². The van der Waals surface area contributed by atoms with E-state index in [-0.39, 0.29) is 17.9 Å². The van der Waals surface area contributed by atoms with Crippen LogP contribution in [0.25, 0.3) is 4.98 Å². The highest BCUT2D eigenvalue weighted by Crippen LogP contribution is 2.10. The maximum Gasteiger partial charge on any atom is 0.504 e. The molecule has 96 valence electrons. The van der Waals surface area contributed by atoms with E-state index in [0.29, 0.717) is 6.54 Å². The van der Waals surface area contributed by atoms with Crippen molar-refractivity contribution in [3.8, 4) is 0 Å². The van der Waals surface area contributed by atoms with E-state index in [4.69, 9.17) is 15.2 Å². The first-order valence-electron chi connectivity index (χ1n) is 5.33. The Kier molecular flexibility index (Phi) is 5.62. The summed E-state index contributed by atoms with van der Waals surface area (Å²) in [7, 11) is 1.91. The molecule has 0 aromatic heterocycles. The topological polar surface area (TPSA) is 77.9 Å². The number of nitrogens with zero attached hydrogens (tertiary/aromatic N) is 3. The van der Waals surface area contributed by atoms with Crippen LogP contribution in [-0.4, -0.2) is 41.7 Å². The Labute approximate surface area is 101 Å². The summed E-state index contributed by atoms with van der Waals surface area (Å²) < 4.78 is 4.87. The molecule has 0 radical (unpaired) electrons. The van der Waals surface area contributed by atoms with Gasteiger partial charge in [-0.2, -0.15) is 0 Å². The number of carbonyl (C=O) groups excluding carboxylic acids is 1. The van der Waals surface area contributed by atoms with Gasteiger partial charge < -0.3 is 9.84 Å². The second kappa shape index (κ2) is 6.21. The second-order valence-electron chi connectivity index (χ2n) is 4.76. The Hall–Kier alpha value is -1.61. The molecule has 0 spiro atoms. The number of hydrogen-bond donors (Lipinski definition) is 1. The Morgan fingerprint density at radius 1 is 1.47 bits per heavy atom. The van der Waals surface area contributed by atoms with Gasteiger partial charge in [0.05, 0.1) is 0 Å². The Bertz CT molecular complexity index is 346. The fourth-order valence-corrected chi connectivity index (χ4v) is 0.940. The van der Waals surface area contributed by atoms with Gasteiger partial charge in [0.2, 0.25) is 5.39 Å². The van der Waals surface area contributed by atoms with Crippen LogP contribution in [0.4, 0.5) is 0 Å². The number of hydrogen-bond acceptors (Lipinski definition) is 5. The first kappa shape index (κ1) is 15.4. The lowest BCUT2D eigenvalue weighted by Gasteiger charge is -2.31. The van der Waals surface area contributed by atoms with Crippen LogP contribution >= 0.6 is 0 Å². The van der Waals surface area contributed by atoms with Gasteiger partial charge in [0.25, 0.3) is 0 Å². The number of carbonyl (C=O) groups is 1. The minimum atomic E-state index is -0.838. The highest BCUT2D eigenvalue weighted by atomic mass is 16.5. The molecular weight excluding hydrogens is 222 g/mol. The zero-order valence-corrected chi connectivity index (χ0v) is 11.0. The van der Waals surface area contributed by atoms with Gasteiger partial charge in [-0.25, -0.2) is 4.79 Å². The molecule has 0 unspecified atom stereocenters. The molecule has 0 aliphatic heterocycles. The summed E-state index contributed by atoms with van der Waals surface area (Å²) in [6.45, 7) is 8.10. The highest BCUT2D eigenvalue weighted by Gasteiger charge is 2.28. The highest BCUT2D eigenvalue weighted by molar-refractivity contribution is 5.90. The third-order valence-electron chi connectivity index (χ3n) is 2.44. The zero-order valence-electron chi connectivity index (χ0n) is 11.0. The number of diazo groups is 1. The Morgan fingerprint density at radius 3 is 2.35 bits per heavy atom. The molecule has 0 aliphatic carbocycles. The first-order valence-corrected chi connectivity index (χ1v) is 5.33. The molecule has 6 heteroatoms. The molecule has 0 saturated heterocycles. The van der Waals surface area contributed by atoms with Crippen LogP contribution in [0.3, 0.4) is 0 Å². The van der Waals surface area contributed by atoms with Crippen molar-refractivity contribution < 1.29 is 14.6 Å². The number of allylic oxidation sites excluding steroid dienone is 1. The molecule has 0 aliphatic rings. The van der Waals surface area contributed by atoms with E-state index < -0.39 is 11.7 Å². The van der Waals surface area contributed by atoms with E-state index >= 15 is 0 Å². The number of ether oxygens (including phenoxy) is 1. The van der Waals surface area contributed by atoms with Gasteiger partial charge in [-0.15, -0.1) is 0 Å². The molecule has 0 aromatic rings. The Morgan fingerprint density at radius 2 is 2.00 bits per heavy atom. The van der Waals surface area contributed by atoms with E-state index in [2.05, 4.69) is 4.98 Å². The summed E-state index contributed by atoms with van der Waals surface area (Å²) in [4.78, 5) is 16.0. The molecular formula is C11H20N3O3+. The smallest absolute Gasteiger partial charge is 0.504 e. The van der Waals surface area contributed by atoms with Gasteiger partial charge in [-0.3, -0.25) is 4.90 Å². The van der Waals surface area contributed by atoms with Gasteiger partial charge in [-0.05, 0) is 27.8 Å². The van der Waals surface area contributed by atoms with Crippen LogP contribution < -0.4 is 0 Å². The standard InChI is InChI=1S/C11H19N3O3/c1-8(15)9(13-12)10(16)17-7-6-14(5)11(2,3)4/h6-7H2,1-5H3/p+1. The summed E-state index contributed by atoms with van der Waals surface area (Å²) in [6, 6.07) is 0. The number of likely N-dealkylation sites (N-methyl/N-ethyl adjacent to an activating group) is 1. The van der Waals surface area contributed by atoms with Gasteiger partial charge in [0, 0.05) is 19.0 Å². The maximum atomic E-state index is 11.3. The molecule has 1 N–H and O–H groups in total. The van der Waals surface area contributed by atoms with Crippen molar-refractivity contribution in [2.45, 2.75) is 33.2 Å². The van der Waals surface area contributed by atoms with Crippen LogP contribution in [0.1, 0.15) is 27.7 Å². The number of rotatable bonds is 4. The fraction of sp³-hybridized carbons (Fsp3) is 0.727. The third kappa shape index (κ3) is 5.31. The lowest BCUT2D eigenvalue weighted by Crippen LogP contribution is -2.40. The fourth-order valence-electron chi connectivity index (χ4n) is 0.940. The lowest BCUT2D eigenvalue weighted by molar-refractivity contribution is -0.139. The predicted octanol–water partition coefficient (Wildman–Crippen LogP) is 1.90. The lowest BCUT2D eigenvalue weighted by atomic mass is 10.1. The van der Waals surface area contributed by atoms with E-state index in [1.807, 2.05) is 32.7 Å². The Balaban J connectivity index is 4.22. The molecule has 6 nitrogen and oxygen atoms in total. The number of aliphatic hydroxyl groups is 1. The quantitative estimate of drug-likeness (QED) is 0.352. The molecule has 0 atom stereocenters. The normalized spacial score (nSPS) is 13.0. The van der Waals surface area contributed by atoms with Crippen LogP contribution in [0.5, 0.6) is 0 Å². The maximum absolute atomic E-state index is 11.3. The molecule has 0 aromatic carbocycles. The SMILES string of the molecule is C/C(O)=C(\[N+]#N)C(=O)OCCN(C)C(C)(C)C. The molecule has 17 heavy (non-hydrogen) atoms. The summed E-state index contributed by atoms with van der Waals surface area (Å²) in [5.41, 5.74) is -0.484. The van der Waals surface area contributed by atoms with E-state index in [1.54, 1.807) is 0 Å². The van der Waals surface area contributed by atoms with Gasteiger partial charge in [-0.1, -0.05) is 0 Å². The van der Waals surface area contributed by atoms with Crippen molar-refractivity contribution in [1.29, 1.82) is 5.39 Å². The average molecular weight is 242 g/mol. The van der Waals surface area contributed by atoms with Crippen molar-refractivity contribution in [3.63, 3.8) is 0 Å². The molecule has 0 saturated carbocycles. The second-order valence-corrected chi connectivity index (χ2v) is 4.76. The van der Waals surface area contributed by atoms with Crippen molar-refractivity contribution in [2.75, 3.05) is 20.2 Å². The zero-order chi connectivity index (χ0) is 13.6. The molecule has 0 bridgehead atoms. The monoisotopic (exact) mass is 242 g/mol. The summed E-state index contributed by atoms with van der Waals surface area (Å²) in [5.74, 6) is -1.21. The minimum absolute atomic E-state index is 0.0146. The summed E-state index contributed by atoms with van der Waals surface area (Å²) in [5, 5.41) is 17.5. The van der Waals surface area contributed by atoms with Crippen molar-refractivity contribution in [1.82, 2.24) is 4.90 Å². The summed E-state index contributed by atoms with van der Waals surface area (Å²) in [6.07, 6.45) is 0. The van der Waals surface area contributed by atoms with Crippen LogP contribution in [0.2, 0.25) is 0 Å². The minimum Gasteiger partial charge on any atom is -0.505 e. The molecule has 0 rings (SSSR count). The van der Waals surface area contributed by atoms with Gasteiger partial charge in [0.15, 0.2) is 10.7 Å². The summed E-state index contributed by atoms with van der Waals surface area (Å²) >= 11 is 0. The average Bonchev–Trinajstić information content (AvgIpc) is 2.16. The number of esters is 1. The van der Waals surface area contributed by atoms with Crippen molar-refractivity contribution in [2.24, 2.45) is 0 Å². The molecule has 0 amide bonds. The largest absolute Gasteiger partial charge is 0.505 e. The van der Waals surface area contributed by atoms with Crippen molar-refractivity contribution in [3.05, 3.63) is 16.4 Å². The first-order chi connectivity index (χ1) is 7.70. The van der Waals surface area contributed by atoms with Crippen LogP contribution in [0.15, 0.2) is 11.5 Å². The third-order valence-corrected chi connectivity index (χ3v) is 2.44. The van der Waals surface area contributed by atoms with Gasteiger partial charge >= 0.3 is 11.7 Å².